The first-order chi connectivity index (χ1) is 11.2. The van der Waals surface area contributed by atoms with Crippen LogP contribution >= 0.6 is 0 Å². The highest BCUT2D eigenvalue weighted by Crippen LogP contribution is 2.18. The highest BCUT2D eigenvalue weighted by molar-refractivity contribution is 5.78. The van der Waals surface area contributed by atoms with E-state index in [2.05, 4.69) is 25.2 Å². The Morgan fingerprint density at radius 1 is 1.22 bits per heavy atom. The van der Waals surface area contributed by atoms with Gasteiger partial charge >= 0.3 is 0 Å². The van der Waals surface area contributed by atoms with E-state index in [-0.39, 0.29) is 0 Å². The van der Waals surface area contributed by atoms with Gasteiger partial charge in [-0.2, -0.15) is 0 Å². The molecule has 1 saturated carbocycles. The van der Waals surface area contributed by atoms with Crippen LogP contribution in [0.15, 0.2) is 11.1 Å². The van der Waals surface area contributed by atoms with Gasteiger partial charge in [0.2, 0.25) is 5.95 Å². The van der Waals surface area contributed by atoms with E-state index in [4.69, 9.17) is 5.73 Å². The average molecular weight is 316 g/mol. The summed E-state index contributed by atoms with van der Waals surface area (Å²) < 4.78 is 0. The maximum absolute atomic E-state index is 6.04. The Hall–Kier alpha value is -1.85. The summed E-state index contributed by atoms with van der Waals surface area (Å²) in [5, 5.41) is 3.35. The lowest BCUT2D eigenvalue weighted by molar-refractivity contribution is 0.412. The maximum Gasteiger partial charge on any atom is 0.225 e. The minimum Gasteiger partial charge on any atom is -0.370 e. The third-order valence-corrected chi connectivity index (χ3v) is 4.65. The first-order valence-electron chi connectivity index (χ1n) is 8.87. The van der Waals surface area contributed by atoms with Gasteiger partial charge in [0.1, 0.15) is 0 Å². The van der Waals surface area contributed by atoms with Crippen molar-refractivity contribution in [3.8, 4) is 0 Å². The molecule has 1 saturated heterocycles. The van der Waals surface area contributed by atoms with E-state index in [1.807, 2.05) is 13.0 Å². The molecule has 1 aromatic heterocycles. The van der Waals surface area contributed by atoms with Crippen molar-refractivity contribution in [2.24, 2.45) is 10.7 Å². The highest BCUT2D eigenvalue weighted by atomic mass is 15.3. The number of rotatable bonds is 4. The minimum atomic E-state index is 0.486. The summed E-state index contributed by atoms with van der Waals surface area (Å²) in [5.74, 6) is 1.38. The van der Waals surface area contributed by atoms with Crippen LogP contribution in [-0.2, 0) is 6.54 Å². The third-order valence-electron chi connectivity index (χ3n) is 4.65. The van der Waals surface area contributed by atoms with Gasteiger partial charge in [-0.3, -0.25) is 0 Å². The molecule has 6 nitrogen and oxygen atoms in total. The van der Waals surface area contributed by atoms with Gasteiger partial charge in [0.15, 0.2) is 5.96 Å². The Kier molecular flexibility index (Phi) is 5.31. The lowest BCUT2D eigenvalue weighted by atomic mass is 9.96. The van der Waals surface area contributed by atoms with Gasteiger partial charge in [0, 0.05) is 24.8 Å². The van der Waals surface area contributed by atoms with Gasteiger partial charge in [0.25, 0.3) is 0 Å². The topological polar surface area (TPSA) is 79.4 Å². The van der Waals surface area contributed by atoms with Crippen molar-refractivity contribution in [2.45, 2.75) is 64.5 Å². The summed E-state index contributed by atoms with van der Waals surface area (Å²) >= 11 is 0. The summed E-state index contributed by atoms with van der Waals surface area (Å²) in [6, 6.07) is 2.48. The Morgan fingerprint density at radius 2 is 1.96 bits per heavy atom. The molecule has 6 heteroatoms. The number of aromatic nitrogens is 2. The molecule has 3 N–H and O–H groups in total. The van der Waals surface area contributed by atoms with Crippen LogP contribution in [0.1, 0.15) is 56.3 Å². The second kappa shape index (κ2) is 7.62. The van der Waals surface area contributed by atoms with Crippen molar-refractivity contribution in [2.75, 3.05) is 18.0 Å². The molecule has 1 aromatic rings. The third kappa shape index (κ3) is 4.56. The lowest BCUT2D eigenvalue weighted by Crippen LogP contribution is -2.41. The monoisotopic (exact) mass is 316 g/mol. The number of hydrogen-bond acceptors (Lipinski definition) is 4. The van der Waals surface area contributed by atoms with Crippen molar-refractivity contribution in [1.29, 1.82) is 0 Å². The van der Waals surface area contributed by atoms with E-state index in [0.29, 0.717) is 18.5 Å². The fraction of sp³-hybridized carbons (Fsp3) is 0.706. The van der Waals surface area contributed by atoms with Crippen LogP contribution in [-0.4, -0.2) is 35.1 Å². The molecule has 0 aromatic carbocycles. The zero-order valence-electron chi connectivity index (χ0n) is 14.1. The molecular weight excluding hydrogens is 288 g/mol. The number of guanidine groups is 1. The van der Waals surface area contributed by atoms with Gasteiger partial charge < -0.3 is 16.0 Å². The van der Waals surface area contributed by atoms with E-state index in [1.54, 1.807) is 0 Å². The second-order valence-corrected chi connectivity index (χ2v) is 6.68. The van der Waals surface area contributed by atoms with E-state index < -0.39 is 0 Å². The molecule has 23 heavy (non-hydrogen) atoms. The van der Waals surface area contributed by atoms with E-state index in [9.17, 15) is 0 Å². The molecule has 0 spiro atoms. The molecule has 2 heterocycles. The van der Waals surface area contributed by atoms with Crippen molar-refractivity contribution in [3.05, 3.63) is 17.5 Å². The SMILES string of the molecule is Cc1cc(CN=C(N)NC2CCCCC2)nc(N2CCCC2)n1. The summed E-state index contributed by atoms with van der Waals surface area (Å²) in [7, 11) is 0. The molecule has 2 fully saturated rings. The van der Waals surface area contributed by atoms with E-state index in [0.717, 1.165) is 30.4 Å². The van der Waals surface area contributed by atoms with Crippen LogP contribution in [0.4, 0.5) is 5.95 Å². The fourth-order valence-electron chi connectivity index (χ4n) is 3.42. The average Bonchev–Trinajstić information content (AvgIpc) is 3.08. The summed E-state index contributed by atoms with van der Waals surface area (Å²) in [4.78, 5) is 15.9. The zero-order chi connectivity index (χ0) is 16.1. The summed E-state index contributed by atoms with van der Waals surface area (Å²) in [6.07, 6.45) is 8.76. The van der Waals surface area contributed by atoms with Gasteiger partial charge in [-0.25, -0.2) is 15.0 Å². The lowest BCUT2D eigenvalue weighted by Gasteiger charge is -2.23. The van der Waals surface area contributed by atoms with Crippen LogP contribution in [0.2, 0.25) is 0 Å². The smallest absolute Gasteiger partial charge is 0.225 e. The first-order valence-corrected chi connectivity index (χ1v) is 8.87. The summed E-state index contributed by atoms with van der Waals surface area (Å²) in [6.45, 7) is 4.63. The molecule has 1 aliphatic heterocycles. The Morgan fingerprint density at radius 3 is 2.70 bits per heavy atom. The molecule has 0 atom stereocenters. The quantitative estimate of drug-likeness (QED) is 0.657. The Balaban J connectivity index is 1.61. The van der Waals surface area contributed by atoms with Crippen LogP contribution < -0.4 is 16.0 Å². The van der Waals surface area contributed by atoms with Crippen molar-refractivity contribution in [1.82, 2.24) is 15.3 Å². The molecule has 0 radical (unpaired) electrons. The molecule has 0 amide bonds. The molecule has 0 unspecified atom stereocenters. The largest absolute Gasteiger partial charge is 0.370 e. The normalized spacial score (nSPS) is 20.0. The van der Waals surface area contributed by atoms with Gasteiger partial charge in [-0.1, -0.05) is 19.3 Å². The maximum atomic E-state index is 6.04. The van der Waals surface area contributed by atoms with Crippen LogP contribution in [0.5, 0.6) is 0 Å². The van der Waals surface area contributed by atoms with Gasteiger partial charge in [-0.15, -0.1) is 0 Å². The summed E-state index contributed by atoms with van der Waals surface area (Å²) in [5.41, 5.74) is 7.97. The molecular formula is C17H28N6. The predicted octanol–water partition coefficient (Wildman–Crippen LogP) is 2.12. The Bertz CT molecular complexity index is 544. The fourth-order valence-corrected chi connectivity index (χ4v) is 3.42. The number of aryl methyl sites for hydroxylation is 1. The number of aliphatic imine (C=N–C) groups is 1. The predicted molar refractivity (Wildman–Crippen MR) is 93.6 cm³/mol. The molecule has 2 aliphatic rings. The Labute approximate surface area is 138 Å². The molecule has 126 valence electrons. The number of nitrogens with zero attached hydrogens (tertiary/aromatic N) is 4. The van der Waals surface area contributed by atoms with Crippen LogP contribution in [0, 0.1) is 6.92 Å². The van der Waals surface area contributed by atoms with Crippen molar-refractivity contribution >= 4 is 11.9 Å². The van der Waals surface area contributed by atoms with E-state index >= 15 is 0 Å². The zero-order valence-corrected chi connectivity index (χ0v) is 14.1. The van der Waals surface area contributed by atoms with Crippen LogP contribution in [0.3, 0.4) is 0 Å². The number of nitrogens with two attached hydrogens (primary N) is 1. The minimum absolute atomic E-state index is 0.486. The number of anilines is 1. The van der Waals surface area contributed by atoms with E-state index in [1.165, 1.54) is 44.9 Å². The van der Waals surface area contributed by atoms with Crippen molar-refractivity contribution < 1.29 is 0 Å². The van der Waals surface area contributed by atoms with Crippen molar-refractivity contribution in [3.63, 3.8) is 0 Å². The molecule has 0 bridgehead atoms. The number of hydrogen-bond donors (Lipinski definition) is 2. The molecule has 1 aliphatic carbocycles. The molecule has 3 rings (SSSR count). The number of nitrogens with one attached hydrogen (secondary N) is 1. The van der Waals surface area contributed by atoms with Crippen LogP contribution in [0.25, 0.3) is 0 Å². The van der Waals surface area contributed by atoms with Gasteiger partial charge in [0.05, 0.1) is 12.2 Å². The standard InChI is InChI=1S/C17H28N6/c1-13-11-15(22-17(20-13)23-9-5-6-10-23)12-19-16(18)21-14-7-3-2-4-8-14/h11,14H,2-10,12H2,1H3,(H3,18,19,21). The highest BCUT2D eigenvalue weighted by Gasteiger charge is 2.16. The van der Waals surface area contributed by atoms with Gasteiger partial charge in [-0.05, 0) is 38.7 Å². The first kappa shape index (κ1) is 16.0. The second-order valence-electron chi connectivity index (χ2n) is 6.68.